The lowest BCUT2D eigenvalue weighted by Gasteiger charge is -2.12. The molecule has 2 amide bonds. The summed E-state index contributed by atoms with van der Waals surface area (Å²) in [6.07, 6.45) is 3.29. The van der Waals surface area contributed by atoms with E-state index in [1.165, 1.54) is 20.2 Å². The van der Waals surface area contributed by atoms with E-state index < -0.39 is 10.0 Å². The first-order valence-corrected chi connectivity index (χ1v) is 9.59. The summed E-state index contributed by atoms with van der Waals surface area (Å²) < 4.78 is 27.7. The van der Waals surface area contributed by atoms with Crippen molar-refractivity contribution in [3.8, 4) is 0 Å². The van der Waals surface area contributed by atoms with Crippen LogP contribution in [0.25, 0.3) is 5.65 Å². The molecule has 0 saturated carbocycles. The molecule has 1 aliphatic rings. The highest BCUT2D eigenvalue weighted by atomic mass is 32.2. The Labute approximate surface area is 155 Å². The smallest absolute Gasteiger partial charge is 0.261 e. The SMILES string of the molecule is CN(C)S(=O)(=O)c1cccn2cc(CN3C(=O)c4ccccc4C3=O)nc12. The number of nitrogens with zero attached hydrogens (tertiary/aromatic N) is 4. The molecule has 1 aliphatic heterocycles. The predicted octanol–water partition coefficient (Wildman–Crippen LogP) is 1.38. The van der Waals surface area contributed by atoms with Gasteiger partial charge < -0.3 is 4.40 Å². The lowest BCUT2D eigenvalue weighted by atomic mass is 10.1. The number of imidazole rings is 1. The molecule has 138 valence electrons. The fraction of sp³-hybridized carbons (Fsp3) is 0.167. The van der Waals surface area contributed by atoms with Gasteiger partial charge in [-0.15, -0.1) is 0 Å². The second kappa shape index (κ2) is 6.00. The Balaban J connectivity index is 1.73. The molecule has 0 saturated heterocycles. The summed E-state index contributed by atoms with van der Waals surface area (Å²) in [7, 11) is -0.788. The highest BCUT2D eigenvalue weighted by molar-refractivity contribution is 7.89. The number of rotatable bonds is 4. The van der Waals surface area contributed by atoms with E-state index in [0.29, 0.717) is 16.8 Å². The lowest BCUT2D eigenvalue weighted by molar-refractivity contribution is 0.0640. The molecule has 8 nitrogen and oxygen atoms in total. The number of hydrogen-bond acceptors (Lipinski definition) is 5. The third-order valence-corrected chi connectivity index (χ3v) is 6.29. The van der Waals surface area contributed by atoms with Gasteiger partial charge in [0.1, 0.15) is 4.90 Å². The molecule has 3 aromatic rings. The van der Waals surface area contributed by atoms with Crippen LogP contribution in [0, 0.1) is 0 Å². The van der Waals surface area contributed by atoms with Gasteiger partial charge in [-0.3, -0.25) is 14.5 Å². The zero-order valence-corrected chi connectivity index (χ0v) is 15.5. The topological polar surface area (TPSA) is 92.1 Å². The van der Waals surface area contributed by atoms with Crippen molar-refractivity contribution in [3.63, 3.8) is 0 Å². The van der Waals surface area contributed by atoms with Crippen LogP contribution in [0.3, 0.4) is 0 Å². The number of carbonyl (C=O) groups excluding carboxylic acids is 2. The number of aromatic nitrogens is 2. The van der Waals surface area contributed by atoms with Crippen molar-refractivity contribution < 1.29 is 18.0 Å². The monoisotopic (exact) mass is 384 g/mol. The number of amides is 2. The summed E-state index contributed by atoms with van der Waals surface area (Å²) >= 11 is 0. The first-order valence-electron chi connectivity index (χ1n) is 8.15. The molecule has 3 heterocycles. The molecule has 0 aliphatic carbocycles. The number of imide groups is 1. The average molecular weight is 384 g/mol. The van der Waals surface area contributed by atoms with Crippen LogP contribution in [0.5, 0.6) is 0 Å². The Morgan fingerprint density at radius 2 is 1.63 bits per heavy atom. The molecule has 0 bridgehead atoms. The van der Waals surface area contributed by atoms with Crippen molar-refractivity contribution in [2.75, 3.05) is 14.1 Å². The third-order valence-electron chi connectivity index (χ3n) is 4.45. The summed E-state index contributed by atoms with van der Waals surface area (Å²) in [5.74, 6) is -0.761. The zero-order chi connectivity index (χ0) is 19.3. The summed E-state index contributed by atoms with van der Waals surface area (Å²) in [6, 6.07) is 9.72. The molecule has 0 fully saturated rings. The van der Waals surface area contributed by atoms with Crippen molar-refractivity contribution in [2.24, 2.45) is 0 Å². The van der Waals surface area contributed by atoms with Crippen molar-refractivity contribution >= 4 is 27.5 Å². The van der Waals surface area contributed by atoms with Gasteiger partial charge in [0.15, 0.2) is 5.65 Å². The Kier molecular flexibility index (Phi) is 3.86. The fourth-order valence-electron chi connectivity index (χ4n) is 3.06. The van der Waals surface area contributed by atoms with Gasteiger partial charge in [-0.05, 0) is 24.3 Å². The van der Waals surface area contributed by atoms with Crippen LogP contribution in [0.4, 0.5) is 0 Å². The lowest BCUT2D eigenvalue weighted by Crippen LogP contribution is -2.29. The molecule has 27 heavy (non-hydrogen) atoms. The van der Waals surface area contributed by atoms with Gasteiger partial charge in [0.25, 0.3) is 11.8 Å². The van der Waals surface area contributed by atoms with Crippen molar-refractivity contribution in [3.05, 3.63) is 65.6 Å². The molecule has 1 aromatic carbocycles. The van der Waals surface area contributed by atoms with Crippen molar-refractivity contribution in [2.45, 2.75) is 11.4 Å². The number of benzene rings is 1. The predicted molar refractivity (Wildman–Crippen MR) is 96.7 cm³/mol. The van der Waals surface area contributed by atoms with Crippen LogP contribution in [0.15, 0.2) is 53.7 Å². The Morgan fingerprint density at radius 1 is 1.00 bits per heavy atom. The van der Waals surface area contributed by atoms with Gasteiger partial charge in [0.05, 0.1) is 23.4 Å². The first kappa shape index (κ1) is 17.4. The number of hydrogen-bond donors (Lipinski definition) is 0. The third kappa shape index (κ3) is 2.63. The van der Waals surface area contributed by atoms with Crippen LogP contribution in [0.1, 0.15) is 26.4 Å². The van der Waals surface area contributed by atoms with E-state index in [0.717, 1.165) is 9.21 Å². The second-order valence-electron chi connectivity index (χ2n) is 6.37. The molecule has 4 rings (SSSR count). The normalized spacial score (nSPS) is 14.4. The fourth-order valence-corrected chi connectivity index (χ4v) is 4.08. The highest BCUT2D eigenvalue weighted by Crippen LogP contribution is 2.25. The van der Waals surface area contributed by atoms with Crippen LogP contribution >= 0.6 is 0 Å². The maximum absolute atomic E-state index is 12.5. The Hall–Kier alpha value is -3.04. The van der Waals surface area contributed by atoms with Crippen molar-refractivity contribution in [1.29, 1.82) is 0 Å². The summed E-state index contributed by atoms with van der Waals surface area (Å²) in [5, 5.41) is 0. The highest BCUT2D eigenvalue weighted by Gasteiger charge is 2.35. The average Bonchev–Trinajstić information content (AvgIpc) is 3.16. The van der Waals surface area contributed by atoms with E-state index in [2.05, 4.69) is 4.98 Å². The molecular weight excluding hydrogens is 368 g/mol. The molecular formula is C18H16N4O4S. The Morgan fingerprint density at radius 3 is 2.22 bits per heavy atom. The van der Waals surface area contributed by atoms with Gasteiger partial charge in [0, 0.05) is 26.5 Å². The molecule has 0 spiro atoms. The van der Waals surface area contributed by atoms with Crippen LogP contribution in [-0.4, -0.2) is 52.9 Å². The van der Waals surface area contributed by atoms with Gasteiger partial charge in [-0.25, -0.2) is 17.7 Å². The minimum Gasteiger partial charge on any atom is -0.306 e. The quantitative estimate of drug-likeness (QED) is 0.634. The largest absolute Gasteiger partial charge is 0.306 e. The van der Waals surface area contributed by atoms with E-state index in [9.17, 15) is 18.0 Å². The van der Waals surface area contributed by atoms with Crippen LogP contribution in [-0.2, 0) is 16.6 Å². The molecule has 0 unspecified atom stereocenters. The Bertz CT molecular complexity index is 1160. The molecule has 2 aromatic heterocycles. The maximum Gasteiger partial charge on any atom is 0.261 e. The minimum absolute atomic E-state index is 0.0323. The minimum atomic E-state index is -3.68. The molecule has 0 N–H and O–H groups in total. The van der Waals surface area contributed by atoms with Crippen LogP contribution in [0.2, 0.25) is 0 Å². The van der Waals surface area contributed by atoms with E-state index in [-0.39, 0.29) is 28.9 Å². The number of sulfonamides is 1. The van der Waals surface area contributed by atoms with Crippen LogP contribution < -0.4 is 0 Å². The molecule has 0 atom stereocenters. The molecule has 9 heteroatoms. The zero-order valence-electron chi connectivity index (χ0n) is 14.7. The molecule has 0 radical (unpaired) electrons. The van der Waals surface area contributed by atoms with E-state index in [1.807, 2.05) is 0 Å². The van der Waals surface area contributed by atoms with E-state index in [1.54, 1.807) is 47.1 Å². The summed E-state index contributed by atoms with van der Waals surface area (Å²) in [5.41, 5.74) is 1.40. The summed E-state index contributed by atoms with van der Waals surface area (Å²) in [6.45, 7) is -0.0323. The van der Waals surface area contributed by atoms with Crippen molar-refractivity contribution in [1.82, 2.24) is 18.6 Å². The van der Waals surface area contributed by atoms with Gasteiger partial charge in [0.2, 0.25) is 10.0 Å². The second-order valence-corrected chi connectivity index (χ2v) is 8.49. The van der Waals surface area contributed by atoms with E-state index in [4.69, 9.17) is 0 Å². The maximum atomic E-state index is 12.5. The van der Waals surface area contributed by atoms with Gasteiger partial charge in [-0.1, -0.05) is 12.1 Å². The van der Waals surface area contributed by atoms with E-state index >= 15 is 0 Å². The van der Waals surface area contributed by atoms with Gasteiger partial charge in [-0.2, -0.15) is 0 Å². The summed E-state index contributed by atoms with van der Waals surface area (Å²) in [4.78, 5) is 30.6. The van der Waals surface area contributed by atoms with Gasteiger partial charge >= 0.3 is 0 Å². The first-order chi connectivity index (χ1) is 12.8. The number of carbonyl (C=O) groups is 2. The standard InChI is InChI=1S/C18H16N4O4S/c1-20(2)27(25,26)15-8-5-9-21-10-12(19-16(15)21)11-22-17(23)13-6-3-4-7-14(13)18(22)24/h3-10H,11H2,1-2H3. The number of pyridine rings is 1. The number of fused-ring (bicyclic) bond motifs is 2.